The first-order valence-electron chi connectivity index (χ1n) is 10.3. The molecule has 0 unspecified atom stereocenters. The van der Waals surface area contributed by atoms with Crippen LogP contribution in [0.25, 0.3) is 0 Å². The van der Waals surface area contributed by atoms with Crippen LogP contribution in [0.5, 0.6) is 11.5 Å². The van der Waals surface area contributed by atoms with E-state index in [0.29, 0.717) is 13.2 Å². The van der Waals surface area contributed by atoms with E-state index in [1.165, 1.54) is 5.56 Å². The molecule has 0 radical (unpaired) electrons. The monoisotopic (exact) mass is 414 g/mol. The average molecular weight is 415 g/mol. The summed E-state index contributed by atoms with van der Waals surface area (Å²) in [4.78, 5) is 15.2. The predicted molar refractivity (Wildman–Crippen MR) is 113 cm³/mol. The standard InChI is InChI=1S/C23H27ClN2O3/c1-16(19-4-7-21-22(14-19)29-13-12-28-21)25-23(27)18-8-10-26(11-9-18)15-17-2-5-20(24)6-3-17/h2-7,14,16,18H,8-13,15H2,1H3,(H,25,27)/t16-/m1/s1. The number of piperidine rings is 1. The molecule has 2 aliphatic heterocycles. The number of hydrogen-bond donors (Lipinski definition) is 1. The van der Waals surface area contributed by atoms with E-state index < -0.39 is 0 Å². The smallest absolute Gasteiger partial charge is 0.223 e. The van der Waals surface area contributed by atoms with Crippen molar-refractivity contribution in [2.45, 2.75) is 32.4 Å². The van der Waals surface area contributed by atoms with Crippen molar-refractivity contribution >= 4 is 17.5 Å². The maximum atomic E-state index is 12.8. The van der Waals surface area contributed by atoms with Crippen molar-refractivity contribution in [3.63, 3.8) is 0 Å². The van der Waals surface area contributed by atoms with Crippen molar-refractivity contribution in [3.8, 4) is 11.5 Å². The van der Waals surface area contributed by atoms with E-state index in [9.17, 15) is 4.79 Å². The van der Waals surface area contributed by atoms with Gasteiger partial charge in [-0.15, -0.1) is 0 Å². The lowest BCUT2D eigenvalue weighted by Crippen LogP contribution is -2.40. The molecule has 2 aliphatic rings. The van der Waals surface area contributed by atoms with Crippen LogP contribution in [0, 0.1) is 5.92 Å². The summed E-state index contributed by atoms with van der Waals surface area (Å²) in [6.45, 7) is 5.91. The number of nitrogens with one attached hydrogen (secondary N) is 1. The fraction of sp³-hybridized carbons (Fsp3) is 0.435. The first-order valence-corrected chi connectivity index (χ1v) is 10.6. The molecular formula is C23H27ClN2O3. The summed E-state index contributed by atoms with van der Waals surface area (Å²) < 4.78 is 11.2. The summed E-state index contributed by atoms with van der Waals surface area (Å²) >= 11 is 5.96. The lowest BCUT2D eigenvalue weighted by molar-refractivity contribution is -0.127. The molecule has 2 heterocycles. The normalized spacial score (nSPS) is 18.3. The van der Waals surface area contributed by atoms with Crippen LogP contribution in [0.2, 0.25) is 5.02 Å². The van der Waals surface area contributed by atoms with Gasteiger partial charge in [0.1, 0.15) is 13.2 Å². The van der Waals surface area contributed by atoms with Gasteiger partial charge in [-0.05, 0) is 68.2 Å². The molecular weight excluding hydrogens is 388 g/mol. The maximum absolute atomic E-state index is 12.8. The van der Waals surface area contributed by atoms with Gasteiger partial charge in [-0.25, -0.2) is 0 Å². The third-order valence-corrected chi connectivity index (χ3v) is 5.95. The molecule has 1 fully saturated rings. The molecule has 0 bridgehead atoms. The highest BCUT2D eigenvalue weighted by atomic mass is 35.5. The van der Waals surface area contributed by atoms with Gasteiger partial charge in [0.15, 0.2) is 11.5 Å². The van der Waals surface area contributed by atoms with Gasteiger partial charge in [0.2, 0.25) is 5.91 Å². The van der Waals surface area contributed by atoms with Crippen LogP contribution in [0.4, 0.5) is 0 Å². The number of fused-ring (bicyclic) bond motifs is 1. The van der Waals surface area contributed by atoms with Crippen LogP contribution in [-0.2, 0) is 11.3 Å². The van der Waals surface area contributed by atoms with Gasteiger partial charge in [0, 0.05) is 17.5 Å². The van der Waals surface area contributed by atoms with Gasteiger partial charge in [-0.2, -0.15) is 0 Å². The van der Waals surface area contributed by atoms with E-state index in [1.807, 2.05) is 37.3 Å². The highest BCUT2D eigenvalue weighted by molar-refractivity contribution is 6.30. The summed E-state index contributed by atoms with van der Waals surface area (Å²) in [5, 5.41) is 3.94. The largest absolute Gasteiger partial charge is 0.486 e. The molecule has 4 rings (SSSR count). The van der Waals surface area contributed by atoms with Gasteiger partial charge in [0.25, 0.3) is 0 Å². The number of benzene rings is 2. The van der Waals surface area contributed by atoms with E-state index in [0.717, 1.165) is 54.6 Å². The van der Waals surface area contributed by atoms with E-state index in [1.54, 1.807) is 0 Å². The van der Waals surface area contributed by atoms with Crippen LogP contribution in [0.15, 0.2) is 42.5 Å². The molecule has 0 saturated carbocycles. The maximum Gasteiger partial charge on any atom is 0.223 e. The van der Waals surface area contributed by atoms with Crippen LogP contribution in [0.1, 0.15) is 36.9 Å². The number of halogens is 1. The molecule has 1 N–H and O–H groups in total. The number of carbonyl (C=O) groups excluding carboxylic acids is 1. The zero-order valence-corrected chi connectivity index (χ0v) is 17.5. The molecule has 2 aromatic carbocycles. The molecule has 1 saturated heterocycles. The summed E-state index contributed by atoms with van der Waals surface area (Å²) in [6.07, 6.45) is 1.76. The topological polar surface area (TPSA) is 50.8 Å². The van der Waals surface area contributed by atoms with Crippen molar-refractivity contribution in [2.75, 3.05) is 26.3 Å². The molecule has 1 atom stereocenters. The molecule has 1 amide bonds. The zero-order valence-electron chi connectivity index (χ0n) is 16.7. The van der Waals surface area contributed by atoms with Crippen LogP contribution >= 0.6 is 11.6 Å². The first kappa shape index (κ1) is 20.0. The number of nitrogens with zero attached hydrogens (tertiary/aromatic N) is 1. The van der Waals surface area contributed by atoms with Crippen LogP contribution in [-0.4, -0.2) is 37.1 Å². The second kappa shape index (κ2) is 9.06. The van der Waals surface area contributed by atoms with Crippen LogP contribution in [0.3, 0.4) is 0 Å². The number of amides is 1. The van der Waals surface area contributed by atoms with Gasteiger partial charge in [-0.1, -0.05) is 29.8 Å². The fourth-order valence-corrected chi connectivity index (χ4v) is 4.07. The molecule has 29 heavy (non-hydrogen) atoms. The Bertz CT molecular complexity index is 848. The summed E-state index contributed by atoms with van der Waals surface area (Å²) in [6, 6.07) is 13.8. The zero-order chi connectivity index (χ0) is 20.2. The van der Waals surface area contributed by atoms with Gasteiger partial charge in [0.05, 0.1) is 6.04 Å². The Hall–Kier alpha value is -2.24. The quantitative estimate of drug-likeness (QED) is 0.796. The number of likely N-dealkylation sites (tertiary alicyclic amines) is 1. The number of ether oxygens (including phenoxy) is 2. The Morgan fingerprint density at radius 2 is 1.79 bits per heavy atom. The van der Waals surface area contributed by atoms with Crippen LogP contribution < -0.4 is 14.8 Å². The van der Waals surface area contributed by atoms with Gasteiger partial charge < -0.3 is 14.8 Å². The molecule has 0 aromatic heterocycles. The molecule has 6 heteroatoms. The first-order chi connectivity index (χ1) is 14.1. The van der Waals surface area contributed by atoms with E-state index in [4.69, 9.17) is 21.1 Å². The molecule has 2 aromatic rings. The molecule has 5 nitrogen and oxygen atoms in total. The van der Waals surface area contributed by atoms with Crippen molar-refractivity contribution in [1.29, 1.82) is 0 Å². The Labute approximate surface area is 176 Å². The number of hydrogen-bond acceptors (Lipinski definition) is 4. The molecule has 0 aliphatic carbocycles. The third-order valence-electron chi connectivity index (χ3n) is 5.70. The minimum Gasteiger partial charge on any atom is -0.486 e. The number of carbonyl (C=O) groups is 1. The van der Waals surface area contributed by atoms with Gasteiger partial charge in [-0.3, -0.25) is 9.69 Å². The van der Waals surface area contributed by atoms with Crippen molar-refractivity contribution < 1.29 is 14.3 Å². The second-order valence-corrected chi connectivity index (χ2v) is 8.25. The second-order valence-electron chi connectivity index (χ2n) is 7.81. The van der Waals surface area contributed by atoms with E-state index >= 15 is 0 Å². The Morgan fingerprint density at radius 1 is 1.10 bits per heavy atom. The van der Waals surface area contributed by atoms with Gasteiger partial charge >= 0.3 is 0 Å². The average Bonchev–Trinajstić information content (AvgIpc) is 2.75. The summed E-state index contributed by atoms with van der Waals surface area (Å²) in [5.41, 5.74) is 2.28. The molecule has 154 valence electrons. The van der Waals surface area contributed by atoms with Crippen molar-refractivity contribution in [3.05, 3.63) is 58.6 Å². The fourth-order valence-electron chi connectivity index (χ4n) is 3.95. The lowest BCUT2D eigenvalue weighted by atomic mass is 9.94. The number of rotatable bonds is 5. The highest BCUT2D eigenvalue weighted by Crippen LogP contribution is 2.32. The molecule has 0 spiro atoms. The van der Waals surface area contributed by atoms with E-state index in [-0.39, 0.29) is 17.9 Å². The highest BCUT2D eigenvalue weighted by Gasteiger charge is 2.26. The van der Waals surface area contributed by atoms with E-state index in [2.05, 4.69) is 22.3 Å². The Balaban J connectivity index is 1.27. The Kier molecular flexibility index (Phi) is 6.26. The predicted octanol–water partition coefficient (Wildman–Crippen LogP) is 4.20. The SMILES string of the molecule is C[C@@H](NC(=O)C1CCN(Cc2ccc(Cl)cc2)CC1)c1ccc2c(c1)OCCO2. The summed E-state index contributed by atoms with van der Waals surface area (Å²) in [5.74, 6) is 1.73. The lowest BCUT2D eigenvalue weighted by Gasteiger charge is -2.32. The Morgan fingerprint density at radius 3 is 2.52 bits per heavy atom. The third kappa shape index (κ3) is 5.03. The minimum absolute atomic E-state index is 0.0644. The summed E-state index contributed by atoms with van der Waals surface area (Å²) in [7, 11) is 0. The van der Waals surface area contributed by atoms with Crippen molar-refractivity contribution in [1.82, 2.24) is 10.2 Å². The minimum atomic E-state index is -0.0644. The van der Waals surface area contributed by atoms with Crippen molar-refractivity contribution in [2.24, 2.45) is 5.92 Å².